The summed E-state index contributed by atoms with van der Waals surface area (Å²) >= 11 is 0. The van der Waals surface area contributed by atoms with Crippen molar-refractivity contribution in [3.05, 3.63) is 29.8 Å². The molecule has 2 saturated heterocycles. The average molecular weight is 526 g/mol. The first kappa shape index (κ1) is 27.7. The molecule has 1 aliphatic carbocycles. The van der Waals surface area contributed by atoms with E-state index in [1.54, 1.807) is 4.90 Å². The third-order valence-corrected chi connectivity index (χ3v) is 7.40. The van der Waals surface area contributed by atoms with Crippen molar-refractivity contribution in [1.29, 1.82) is 0 Å². The van der Waals surface area contributed by atoms with E-state index in [1.165, 1.54) is 31.4 Å². The first-order chi connectivity index (χ1) is 17.4. The zero-order valence-electron chi connectivity index (χ0n) is 21.9. The van der Waals surface area contributed by atoms with Crippen LogP contribution in [0.25, 0.3) is 0 Å². The summed E-state index contributed by atoms with van der Waals surface area (Å²) in [6.45, 7) is 10.3. The van der Waals surface area contributed by atoms with Crippen molar-refractivity contribution >= 4 is 17.6 Å². The Kier molecular flexibility index (Phi) is 8.35. The Balaban J connectivity index is 1.32. The molecule has 206 valence electrons. The van der Waals surface area contributed by atoms with Crippen LogP contribution in [0, 0.1) is 0 Å². The van der Waals surface area contributed by atoms with Gasteiger partial charge in [0.05, 0.1) is 11.2 Å². The van der Waals surface area contributed by atoms with Gasteiger partial charge in [-0.2, -0.15) is 13.2 Å². The van der Waals surface area contributed by atoms with Crippen LogP contribution in [-0.4, -0.2) is 102 Å². The van der Waals surface area contributed by atoms with Gasteiger partial charge in [-0.1, -0.05) is 6.42 Å². The largest absolute Gasteiger partial charge is 0.416 e. The number of ether oxygens (including phenoxy) is 1. The van der Waals surface area contributed by atoms with Crippen LogP contribution in [0.2, 0.25) is 0 Å². The Morgan fingerprint density at radius 1 is 0.946 bits per heavy atom. The zero-order chi connectivity index (χ0) is 26.8. The molecule has 2 aliphatic heterocycles. The molecule has 2 heterocycles. The highest BCUT2D eigenvalue weighted by molar-refractivity contribution is 5.89. The fourth-order valence-corrected chi connectivity index (χ4v) is 4.88. The van der Waals surface area contributed by atoms with E-state index in [-0.39, 0.29) is 23.6 Å². The summed E-state index contributed by atoms with van der Waals surface area (Å²) in [5.74, 6) is 0.0596. The summed E-state index contributed by atoms with van der Waals surface area (Å²) in [5, 5.41) is 2.65. The smallest absolute Gasteiger partial charge is 0.360 e. The number of carbonyl (C=O) groups is 2. The van der Waals surface area contributed by atoms with Crippen LogP contribution >= 0.6 is 0 Å². The summed E-state index contributed by atoms with van der Waals surface area (Å²) in [5.41, 5.74) is -0.771. The van der Waals surface area contributed by atoms with E-state index in [0.29, 0.717) is 51.2 Å². The highest BCUT2D eigenvalue weighted by Crippen LogP contribution is 2.30. The average Bonchev–Trinajstić information content (AvgIpc) is 2.81. The summed E-state index contributed by atoms with van der Waals surface area (Å²) < 4.78 is 44.3. The van der Waals surface area contributed by atoms with E-state index in [9.17, 15) is 22.8 Å². The first-order valence-electron chi connectivity index (χ1n) is 13.0. The fraction of sp³-hybridized carbons (Fsp3) is 0.692. The van der Waals surface area contributed by atoms with Gasteiger partial charge < -0.3 is 19.9 Å². The number of benzene rings is 1. The molecule has 1 N–H and O–H groups in total. The molecule has 8 nitrogen and oxygen atoms in total. The highest BCUT2D eigenvalue weighted by atomic mass is 19.4. The van der Waals surface area contributed by atoms with Crippen LogP contribution in [0.15, 0.2) is 24.3 Å². The molecule has 1 aromatic carbocycles. The minimum Gasteiger partial charge on any atom is -0.360 e. The lowest BCUT2D eigenvalue weighted by atomic mass is 9.90. The molecule has 0 spiro atoms. The standard InChI is InChI=1S/C26H38F3N5O3/c1-25(2,3)37-18-34-16-15-33(21-5-4-6-21)17-22(34)23(35)31-11-13-32(14-12-31)24(36)30-20-9-7-19(8-10-20)26(27,28)29/h7-10,21-22H,4-6,11-18H2,1-3H3,(H,30,36)/t22-/m1/s1. The fourth-order valence-electron chi connectivity index (χ4n) is 4.88. The predicted octanol–water partition coefficient (Wildman–Crippen LogP) is 3.69. The van der Waals surface area contributed by atoms with Crippen LogP contribution in [-0.2, 0) is 15.7 Å². The van der Waals surface area contributed by atoms with E-state index >= 15 is 0 Å². The third kappa shape index (κ3) is 7.14. The Hall–Kier alpha value is -2.37. The Labute approximate surface area is 216 Å². The predicted molar refractivity (Wildman–Crippen MR) is 134 cm³/mol. The second-order valence-electron chi connectivity index (χ2n) is 11.1. The van der Waals surface area contributed by atoms with Gasteiger partial charge in [-0.3, -0.25) is 14.6 Å². The van der Waals surface area contributed by atoms with Crippen molar-refractivity contribution in [2.75, 3.05) is 57.9 Å². The van der Waals surface area contributed by atoms with Gasteiger partial charge in [0.25, 0.3) is 0 Å². The second-order valence-corrected chi connectivity index (χ2v) is 11.1. The van der Waals surface area contributed by atoms with Gasteiger partial charge in [-0.25, -0.2) is 4.79 Å². The first-order valence-corrected chi connectivity index (χ1v) is 13.0. The molecular weight excluding hydrogens is 487 g/mol. The van der Waals surface area contributed by atoms with E-state index in [0.717, 1.165) is 25.2 Å². The van der Waals surface area contributed by atoms with Crippen molar-refractivity contribution < 1.29 is 27.5 Å². The lowest BCUT2D eigenvalue weighted by Gasteiger charge is -2.48. The van der Waals surface area contributed by atoms with Crippen LogP contribution in [0.1, 0.15) is 45.6 Å². The van der Waals surface area contributed by atoms with E-state index in [2.05, 4.69) is 15.1 Å². The SMILES string of the molecule is CC(C)(C)OCN1CCN(C2CCC2)C[C@@H]1C(=O)N1CCN(C(=O)Nc2ccc(C(F)(F)F)cc2)CC1. The number of hydrogen-bond donors (Lipinski definition) is 1. The third-order valence-electron chi connectivity index (χ3n) is 7.40. The molecule has 11 heteroatoms. The topological polar surface area (TPSA) is 68.4 Å². The van der Waals surface area contributed by atoms with Gasteiger partial charge in [0.2, 0.25) is 5.91 Å². The maximum atomic E-state index is 13.6. The molecular formula is C26H38F3N5O3. The van der Waals surface area contributed by atoms with Crippen LogP contribution < -0.4 is 5.32 Å². The Bertz CT molecular complexity index is 938. The minimum absolute atomic E-state index is 0.0596. The van der Waals surface area contributed by atoms with Crippen molar-refractivity contribution in [3.63, 3.8) is 0 Å². The molecule has 3 amide bonds. The number of hydrogen-bond acceptors (Lipinski definition) is 5. The van der Waals surface area contributed by atoms with Gasteiger partial charge in [-0.15, -0.1) is 0 Å². The summed E-state index contributed by atoms with van der Waals surface area (Å²) in [6, 6.07) is 4.26. The van der Waals surface area contributed by atoms with Gasteiger partial charge in [-0.05, 0) is 57.9 Å². The summed E-state index contributed by atoms with van der Waals surface area (Å²) in [6.07, 6.45) is -0.807. The lowest BCUT2D eigenvalue weighted by molar-refractivity contribution is -0.150. The number of anilines is 1. The highest BCUT2D eigenvalue weighted by Gasteiger charge is 2.39. The normalized spacial score (nSPS) is 22.6. The Morgan fingerprint density at radius 3 is 2.11 bits per heavy atom. The molecule has 0 unspecified atom stereocenters. The summed E-state index contributed by atoms with van der Waals surface area (Å²) in [4.78, 5) is 34.3. The molecule has 1 saturated carbocycles. The summed E-state index contributed by atoms with van der Waals surface area (Å²) in [7, 11) is 0. The van der Waals surface area contributed by atoms with Crippen molar-refractivity contribution in [1.82, 2.24) is 19.6 Å². The van der Waals surface area contributed by atoms with Crippen molar-refractivity contribution in [2.45, 2.75) is 63.9 Å². The number of alkyl halides is 3. The molecule has 4 rings (SSSR count). The maximum absolute atomic E-state index is 13.6. The number of nitrogens with zero attached hydrogens (tertiary/aromatic N) is 4. The molecule has 3 aliphatic rings. The second kappa shape index (κ2) is 11.2. The maximum Gasteiger partial charge on any atom is 0.416 e. The molecule has 37 heavy (non-hydrogen) atoms. The number of carbonyl (C=O) groups excluding carboxylic acids is 2. The quantitative estimate of drug-likeness (QED) is 0.635. The minimum atomic E-state index is -4.42. The molecule has 0 bridgehead atoms. The Morgan fingerprint density at radius 2 is 1.57 bits per heavy atom. The van der Waals surface area contributed by atoms with E-state index < -0.39 is 11.7 Å². The molecule has 0 radical (unpaired) electrons. The van der Waals surface area contributed by atoms with E-state index in [4.69, 9.17) is 4.74 Å². The van der Waals surface area contributed by atoms with Gasteiger partial charge in [0.15, 0.2) is 0 Å². The number of piperazine rings is 2. The number of amides is 3. The van der Waals surface area contributed by atoms with Crippen molar-refractivity contribution in [2.24, 2.45) is 0 Å². The number of urea groups is 1. The zero-order valence-corrected chi connectivity index (χ0v) is 21.9. The van der Waals surface area contributed by atoms with Crippen molar-refractivity contribution in [3.8, 4) is 0 Å². The molecule has 0 aromatic heterocycles. The molecule has 3 fully saturated rings. The van der Waals surface area contributed by atoms with Crippen LogP contribution in [0.5, 0.6) is 0 Å². The van der Waals surface area contributed by atoms with Gasteiger partial charge in [0, 0.05) is 57.5 Å². The van der Waals surface area contributed by atoms with Gasteiger partial charge >= 0.3 is 12.2 Å². The van der Waals surface area contributed by atoms with Crippen LogP contribution in [0.3, 0.4) is 0 Å². The molecule has 1 atom stereocenters. The van der Waals surface area contributed by atoms with Crippen LogP contribution in [0.4, 0.5) is 23.7 Å². The number of halogens is 3. The molecule has 1 aromatic rings. The van der Waals surface area contributed by atoms with Gasteiger partial charge in [0.1, 0.15) is 12.8 Å². The lowest BCUT2D eigenvalue weighted by Crippen LogP contribution is -2.64. The monoisotopic (exact) mass is 525 g/mol. The van der Waals surface area contributed by atoms with E-state index in [1.807, 2.05) is 25.7 Å². The number of nitrogens with one attached hydrogen (secondary N) is 1. The number of rotatable bonds is 5.